The van der Waals surface area contributed by atoms with Gasteiger partial charge in [-0.15, -0.1) is 0 Å². The number of aliphatic carboxylic acids is 1. The molecule has 0 atom stereocenters. The highest BCUT2D eigenvalue weighted by atomic mass is 16.5. The number of carboxylic acid groups (broad SMARTS) is 1. The number of carbonyl (C=O) groups excluding carboxylic acids is 1. The Morgan fingerprint density at radius 3 is 2.22 bits per heavy atom. The number of hydrogen-bond acceptors (Lipinski definition) is 4. The summed E-state index contributed by atoms with van der Waals surface area (Å²) in [6, 6.07) is 4.69. The summed E-state index contributed by atoms with van der Waals surface area (Å²) in [6.07, 6.45) is 0. The van der Waals surface area contributed by atoms with Crippen molar-refractivity contribution in [2.24, 2.45) is 5.41 Å². The summed E-state index contributed by atoms with van der Waals surface area (Å²) < 4.78 is 10.1. The van der Waals surface area contributed by atoms with Crippen LogP contribution in [0.1, 0.15) is 24.2 Å². The minimum Gasteiger partial charge on any atom is -0.497 e. The minimum absolute atomic E-state index is 0.198. The summed E-state index contributed by atoms with van der Waals surface area (Å²) in [5.41, 5.74) is -1.32. The van der Waals surface area contributed by atoms with Crippen LogP contribution in [0.3, 0.4) is 0 Å². The number of carboxylic acids is 1. The fraction of sp³-hybridized carbons (Fsp3) is 0.385. The summed E-state index contributed by atoms with van der Waals surface area (Å²) in [5.74, 6) is -0.904. The molecule has 5 nitrogen and oxygen atoms in total. The van der Waals surface area contributed by atoms with Crippen LogP contribution in [0.25, 0.3) is 0 Å². The van der Waals surface area contributed by atoms with Gasteiger partial charge in [0.15, 0.2) is 5.78 Å². The zero-order valence-corrected chi connectivity index (χ0v) is 10.8. The highest BCUT2D eigenvalue weighted by Crippen LogP contribution is 2.30. The van der Waals surface area contributed by atoms with Crippen molar-refractivity contribution in [2.45, 2.75) is 13.8 Å². The molecular weight excluding hydrogens is 236 g/mol. The Morgan fingerprint density at radius 2 is 1.78 bits per heavy atom. The minimum atomic E-state index is -1.51. The number of rotatable bonds is 5. The van der Waals surface area contributed by atoms with E-state index in [9.17, 15) is 9.59 Å². The number of ketones is 1. The average molecular weight is 252 g/mol. The molecule has 0 aliphatic rings. The molecule has 0 fully saturated rings. The molecule has 0 spiro atoms. The van der Waals surface area contributed by atoms with Gasteiger partial charge in [0.25, 0.3) is 0 Å². The molecule has 1 rings (SSSR count). The summed E-state index contributed by atoms with van der Waals surface area (Å²) in [6.45, 7) is 2.72. The molecule has 1 aromatic rings. The van der Waals surface area contributed by atoms with Crippen molar-refractivity contribution in [1.29, 1.82) is 0 Å². The quantitative estimate of drug-likeness (QED) is 0.641. The van der Waals surface area contributed by atoms with Crippen molar-refractivity contribution in [2.75, 3.05) is 14.2 Å². The third-order valence-electron chi connectivity index (χ3n) is 2.75. The summed E-state index contributed by atoms with van der Waals surface area (Å²) in [5, 5.41) is 9.07. The molecule has 18 heavy (non-hydrogen) atoms. The maximum absolute atomic E-state index is 12.2. The number of Topliss-reactive ketones (excluding diaryl/α,β-unsaturated/α-hetero) is 1. The molecule has 0 saturated carbocycles. The molecule has 0 aromatic heterocycles. The van der Waals surface area contributed by atoms with Crippen LogP contribution in [-0.4, -0.2) is 31.1 Å². The zero-order valence-electron chi connectivity index (χ0n) is 10.8. The van der Waals surface area contributed by atoms with Gasteiger partial charge >= 0.3 is 5.97 Å². The molecule has 1 N–H and O–H groups in total. The molecule has 98 valence electrons. The molecule has 0 radical (unpaired) electrons. The Bertz CT molecular complexity index is 476. The monoisotopic (exact) mass is 252 g/mol. The number of hydrogen-bond donors (Lipinski definition) is 1. The normalized spacial score (nSPS) is 10.9. The van der Waals surface area contributed by atoms with Gasteiger partial charge in [-0.2, -0.15) is 0 Å². The second kappa shape index (κ2) is 5.08. The first kappa shape index (κ1) is 14.0. The van der Waals surface area contributed by atoms with Gasteiger partial charge in [0.05, 0.1) is 19.8 Å². The topological polar surface area (TPSA) is 72.8 Å². The Morgan fingerprint density at radius 1 is 1.17 bits per heavy atom. The molecule has 0 aliphatic heterocycles. The van der Waals surface area contributed by atoms with E-state index >= 15 is 0 Å². The van der Waals surface area contributed by atoms with Gasteiger partial charge in [0.1, 0.15) is 16.9 Å². The van der Waals surface area contributed by atoms with Gasteiger partial charge in [-0.05, 0) is 32.0 Å². The van der Waals surface area contributed by atoms with E-state index < -0.39 is 17.2 Å². The molecule has 0 amide bonds. The molecule has 0 bridgehead atoms. The fourth-order valence-electron chi connectivity index (χ4n) is 1.43. The van der Waals surface area contributed by atoms with Crippen molar-refractivity contribution < 1.29 is 24.2 Å². The SMILES string of the molecule is COc1ccc(OC)c(C(=O)C(C)(C)C(=O)O)c1. The maximum Gasteiger partial charge on any atom is 0.317 e. The molecule has 0 unspecified atom stereocenters. The van der Waals surface area contributed by atoms with Gasteiger partial charge in [0.2, 0.25) is 0 Å². The van der Waals surface area contributed by atoms with Gasteiger partial charge in [0, 0.05) is 0 Å². The smallest absolute Gasteiger partial charge is 0.317 e. The standard InChI is InChI=1S/C13H16O5/c1-13(2,12(15)16)11(14)9-7-8(17-3)5-6-10(9)18-4/h5-7H,1-4H3,(H,15,16). The van der Waals surface area contributed by atoms with E-state index in [2.05, 4.69) is 0 Å². The maximum atomic E-state index is 12.2. The van der Waals surface area contributed by atoms with E-state index in [1.54, 1.807) is 12.1 Å². The van der Waals surface area contributed by atoms with E-state index in [4.69, 9.17) is 14.6 Å². The van der Waals surface area contributed by atoms with Crippen LogP contribution in [0, 0.1) is 5.41 Å². The average Bonchev–Trinajstić information content (AvgIpc) is 2.36. The Labute approximate surface area is 105 Å². The Hall–Kier alpha value is -2.04. The first-order chi connectivity index (χ1) is 8.34. The van der Waals surface area contributed by atoms with Crippen LogP contribution in [0.2, 0.25) is 0 Å². The summed E-state index contributed by atoms with van der Waals surface area (Å²) in [7, 11) is 2.89. The van der Waals surface area contributed by atoms with Crippen molar-refractivity contribution in [3.8, 4) is 11.5 Å². The van der Waals surface area contributed by atoms with Crippen LogP contribution >= 0.6 is 0 Å². The molecule has 0 heterocycles. The lowest BCUT2D eigenvalue weighted by molar-refractivity contribution is -0.144. The lowest BCUT2D eigenvalue weighted by Crippen LogP contribution is -2.33. The Kier molecular flexibility index (Phi) is 3.96. The van der Waals surface area contributed by atoms with Crippen molar-refractivity contribution in [3.63, 3.8) is 0 Å². The fourth-order valence-corrected chi connectivity index (χ4v) is 1.43. The summed E-state index contributed by atoms with van der Waals surface area (Å²) >= 11 is 0. The first-order valence-corrected chi connectivity index (χ1v) is 5.34. The van der Waals surface area contributed by atoms with Crippen molar-refractivity contribution >= 4 is 11.8 Å². The molecule has 0 saturated heterocycles. The van der Waals surface area contributed by atoms with E-state index in [-0.39, 0.29) is 5.56 Å². The molecular formula is C13H16O5. The highest BCUT2D eigenvalue weighted by molar-refractivity contribution is 6.12. The van der Waals surface area contributed by atoms with Crippen molar-refractivity contribution in [3.05, 3.63) is 23.8 Å². The molecule has 1 aromatic carbocycles. The van der Waals surface area contributed by atoms with Crippen LogP contribution < -0.4 is 9.47 Å². The lowest BCUT2D eigenvalue weighted by atomic mass is 9.84. The van der Waals surface area contributed by atoms with Crippen LogP contribution in [0.5, 0.6) is 11.5 Å². The van der Waals surface area contributed by atoms with Crippen LogP contribution in [0.15, 0.2) is 18.2 Å². The van der Waals surface area contributed by atoms with Gasteiger partial charge < -0.3 is 14.6 Å². The molecule has 5 heteroatoms. The lowest BCUT2D eigenvalue weighted by Gasteiger charge is -2.19. The number of carbonyl (C=O) groups is 2. The predicted molar refractivity (Wildman–Crippen MR) is 65.3 cm³/mol. The van der Waals surface area contributed by atoms with Gasteiger partial charge in [-0.3, -0.25) is 9.59 Å². The largest absolute Gasteiger partial charge is 0.497 e. The van der Waals surface area contributed by atoms with E-state index in [1.165, 1.54) is 34.1 Å². The first-order valence-electron chi connectivity index (χ1n) is 5.34. The van der Waals surface area contributed by atoms with Gasteiger partial charge in [-0.25, -0.2) is 0 Å². The molecule has 0 aliphatic carbocycles. The van der Waals surface area contributed by atoms with Crippen LogP contribution in [0.4, 0.5) is 0 Å². The third-order valence-corrected chi connectivity index (χ3v) is 2.75. The Balaban J connectivity index is 3.31. The predicted octanol–water partition coefficient (Wildman–Crippen LogP) is 2.00. The second-order valence-electron chi connectivity index (χ2n) is 4.33. The number of methoxy groups -OCH3 is 2. The van der Waals surface area contributed by atoms with Crippen LogP contribution in [-0.2, 0) is 4.79 Å². The zero-order chi connectivity index (χ0) is 13.9. The number of ether oxygens (including phenoxy) is 2. The third kappa shape index (κ3) is 2.45. The van der Waals surface area contributed by atoms with Crippen molar-refractivity contribution in [1.82, 2.24) is 0 Å². The van der Waals surface area contributed by atoms with Gasteiger partial charge in [-0.1, -0.05) is 0 Å². The van der Waals surface area contributed by atoms with E-state index in [1.807, 2.05) is 0 Å². The second-order valence-corrected chi connectivity index (χ2v) is 4.33. The van der Waals surface area contributed by atoms with E-state index in [0.717, 1.165) is 0 Å². The summed E-state index contributed by atoms with van der Waals surface area (Å²) in [4.78, 5) is 23.3. The highest BCUT2D eigenvalue weighted by Gasteiger charge is 2.38. The van der Waals surface area contributed by atoms with E-state index in [0.29, 0.717) is 11.5 Å². The number of benzene rings is 1.